The average molecular weight is 536 g/mol. The van der Waals surface area contributed by atoms with Gasteiger partial charge >= 0.3 is 0 Å². The van der Waals surface area contributed by atoms with E-state index >= 15 is 0 Å². The van der Waals surface area contributed by atoms with Crippen LogP contribution in [0.25, 0.3) is 0 Å². The molecule has 0 bridgehead atoms. The van der Waals surface area contributed by atoms with Gasteiger partial charge in [-0.25, -0.2) is 8.42 Å². The zero-order chi connectivity index (χ0) is 27.7. The molecule has 2 amide bonds. The summed E-state index contributed by atoms with van der Waals surface area (Å²) in [6.07, 6.45) is 1.53. The highest BCUT2D eigenvalue weighted by Crippen LogP contribution is 2.28. The molecule has 0 unspecified atom stereocenters. The first-order valence-corrected chi connectivity index (χ1v) is 14.4. The summed E-state index contributed by atoms with van der Waals surface area (Å²) in [5.74, 6) is -0.714. The molecule has 0 aliphatic carbocycles. The van der Waals surface area contributed by atoms with Crippen molar-refractivity contribution >= 4 is 27.5 Å². The number of anilines is 1. The molecule has 3 rings (SSSR count). The van der Waals surface area contributed by atoms with Gasteiger partial charge in [-0.3, -0.25) is 13.9 Å². The van der Waals surface area contributed by atoms with Crippen LogP contribution in [-0.2, 0) is 32.5 Å². The van der Waals surface area contributed by atoms with Gasteiger partial charge in [0.2, 0.25) is 11.8 Å². The van der Waals surface area contributed by atoms with Crippen LogP contribution in [0.4, 0.5) is 5.69 Å². The summed E-state index contributed by atoms with van der Waals surface area (Å²) >= 11 is 0. The summed E-state index contributed by atoms with van der Waals surface area (Å²) in [6.45, 7) is 5.54. The first-order chi connectivity index (χ1) is 18.2. The number of nitrogens with zero attached hydrogens (tertiary/aromatic N) is 2. The Labute approximate surface area is 226 Å². The van der Waals surface area contributed by atoms with Gasteiger partial charge in [-0.05, 0) is 55.5 Å². The fourth-order valence-corrected chi connectivity index (χ4v) is 5.92. The van der Waals surface area contributed by atoms with E-state index in [1.54, 1.807) is 36.4 Å². The molecular weight excluding hydrogens is 498 g/mol. The van der Waals surface area contributed by atoms with E-state index in [0.717, 1.165) is 16.7 Å². The van der Waals surface area contributed by atoms with E-state index in [2.05, 4.69) is 5.32 Å². The zero-order valence-corrected chi connectivity index (χ0v) is 23.4. The van der Waals surface area contributed by atoms with Crippen LogP contribution in [-0.4, -0.2) is 51.3 Å². The van der Waals surface area contributed by atoms with Crippen molar-refractivity contribution in [1.82, 2.24) is 10.2 Å². The minimum absolute atomic E-state index is 0.107. The molecule has 0 saturated heterocycles. The van der Waals surface area contributed by atoms with Crippen molar-refractivity contribution in [1.29, 1.82) is 0 Å². The van der Waals surface area contributed by atoms with Crippen LogP contribution in [0.5, 0.6) is 0 Å². The van der Waals surface area contributed by atoms with E-state index in [1.807, 2.05) is 63.2 Å². The predicted molar refractivity (Wildman–Crippen MR) is 152 cm³/mol. The molecule has 8 heteroatoms. The largest absolute Gasteiger partial charge is 0.357 e. The fourth-order valence-electron chi connectivity index (χ4n) is 4.47. The summed E-state index contributed by atoms with van der Waals surface area (Å²) in [5.41, 5.74) is 3.23. The molecule has 1 N–H and O–H groups in total. The number of hydrogen-bond donors (Lipinski definition) is 1. The number of aryl methyl sites for hydroxylation is 2. The molecule has 0 saturated carbocycles. The molecule has 3 aromatic carbocycles. The van der Waals surface area contributed by atoms with Crippen LogP contribution in [0.3, 0.4) is 0 Å². The third-order valence-electron chi connectivity index (χ3n) is 6.65. The second-order valence-electron chi connectivity index (χ2n) is 9.17. The number of para-hydroxylation sites is 1. The van der Waals surface area contributed by atoms with Gasteiger partial charge in [0, 0.05) is 13.6 Å². The van der Waals surface area contributed by atoms with Crippen molar-refractivity contribution in [3.05, 3.63) is 95.6 Å². The monoisotopic (exact) mass is 535 g/mol. The molecule has 0 aliphatic rings. The first-order valence-electron chi connectivity index (χ1n) is 12.9. The maximum atomic E-state index is 14.0. The molecule has 3 aromatic rings. The summed E-state index contributed by atoms with van der Waals surface area (Å²) in [5, 5.41) is 2.65. The zero-order valence-electron chi connectivity index (χ0n) is 22.6. The van der Waals surface area contributed by atoms with Gasteiger partial charge in [0.05, 0.1) is 10.6 Å². The van der Waals surface area contributed by atoms with Crippen molar-refractivity contribution in [2.75, 3.05) is 24.4 Å². The molecule has 0 radical (unpaired) electrons. The highest BCUT2D eigenvalue weighted by atomic mass is 32.2. The minimum Gasteiger partial charge on any atom is -0.357 e. The summed E-state index contributed by atoms with van der Waals surface area (Å²) < 4.78 is 29.1. The number of benzene rings is 3. The Morgan fingerprint density at radius 3 is 2.13 bits per heavy atom. The standard InChI is InChI=1S/C30H37N3O4S/c1-5-25-14-10-11-15-28(25)33(38(36,37)26-18-16-23(3)17-19-26)22-29(34)32(27(6-2)30(35)31-4)21-20-24-12-8-7-9-13-24/h7-19,27H,5-6,20-22H2,1-4H3,(H,31,35)/t27-/m0/s1. The summed E-state index contributed by atoms with van der Waals surface area (Å²) in [6, 6.07) is 22.8. The molecule has 7 nitrogen and oxygen atoms in total. The van der Waals surface area contributed by atoms with Gasteiger partial charge in [0.25, 0.3) is 10.0 Å². The Morgan fingerprint density at radius 1 is 0.895 bits per heavy atom. The topological polar surface area (TPSA) is 86.8 Å². The average Bonchev–Trinajstić information content (AvgIpc) is 2.94. The van der Waals surface area contributed by atoms with Crippen LogP contribution in [0.1, 0.15) is 37.0 Å². The highest BCUT2D eigenvalue weighted by molar-refractivity contribution is 7.92. The number of hydrogen-bond acceptors (Lipinski definition) is 4. The molecular formula is C30H37N3O4S. The predicted octanol–water partition coefficient (Wildman–Crippen LogP) is 4.35. The highest BCUT2D eigenvalue weighted by Gasteiger charge is 2.33. The second-order valence-corrected chi connectivity index (χ2v) is 11.0. The van der Waals surface area contributed by atoms with Crippen LogP contribution >= 0.6 is 0 Å². The van der Waals surface area contributed by atoms with E-state index in [9.17, 15) is 18.0 Å². The molecule has 38 heavy (non-hydrogen) atoms. The lowest BCUT2D eigenvalue weighted by molar-refractivity contribution is -0.139. The molecule has 0 spiro atoms. The number of nitrogens with one attached hydrogen (secondary N) is 1. The number of likely N-dealkylation sites (N-methyl/N-ethyl adjacent to an activating group) is 1. The molecule has 0 heterocycles. The number of rotatable bonds is 12. The Morgan fingerprint density at radius 2 is 1.53 bits per heavy atom. The maximum absolute atomic E-state index is 14.0. The number of amides is 2. The lowest BCUT2D eigenvalue weighted by Gasteiger charge is -2.33. The Kier molecular flexibility index (Phi) is 10.1. The molecule has 1 atom stereocenters. The molecule has 202 valence electrons. The normalized spacial score (nSPS) is 12.0. The van der Waals surface area contributed by atoms with Gasteiger partial charge in [0.1, 0.15) is 12.6 Å². The summed E-state index contributed by atoms with van der Waals surface area (Å²) in [4.78, 5) is 28.3. The first kappa shape index (κ1) is 28.9. The van der Waals surface area contributed by atoms with Crippen molar-refractivity contribution in [3.63, 3.8) is 0 Å². The second kappa shape index (κ2) is 13.2. The SMILES string of the molecule is CCc1ccccc1N(CC(=O)N(CCc1ccccc1)[C@@H](CC)C(=O)NC)S(=O)(=O)c1ccc(C)cc1. The lowest BCUT2D eigenvalue weighted by Crippen LogP contribution is -2.52. The Balaban J connectivity index is 2.04. The van der Waals surface area contributed by atoms with E-state index in [4.69, 9.17) is 0 Å². The Hall–Kier alpha value is -3.65. The van der Waals surface area contributed by atoms with Gasteiger partial charge in [-0.1, -0.05) is 80.1 Å². The molecule has 0 fully saturated rings. The van der Waals surface area contributed by atoms with Crippen molar-refractivity contribution in [3.8, 4) is 0 Å². The van der Waals surface area contributed by atoms with Crippen molar-refractivity contribution in [2.45, 2.75) is 51.0 Å². The molecule has 0 aliphatic heterocycles. The fraction of sp³-hybridized carbons (Fsp3) is 0.333. The minimum atomic E-state index is -4.07. The smallest absolute Gasteiger partial charge is 0.264 e. The third-order valence-corrected chi connectivity index (χ3v) is 8.42. The number of sulfonamides is 1. The Bertz CT molecular complexity index is 1330. The van der Waals surface area contributed by atoms with Crippen LogP contribution in [0.15, 0.2) is 83.8 Å². The van der Waals surface area contributed by atoms with Crippen molar-refractivity contribution < 1.29 is 18.0 Å². The van der Waals surface area contributed by atoms with Crippen LogP contribution in [0, 0.1) is 6.92 Å². The van der Waals surface area contributed by atoms with Crippen LogP contribution in [0.2, 0.25) is 0 Å². The summed E-state index contributed by atoms with van der Waals surface area (Å²) in [7, 11) is -2.53. The van der Waals surface area contributed by atoms with E-state index < -0.39 is 28.5 Å². The number of carbonyl (C=O) groups is 2. The van der Waals surface area contributed by atoms with E-state index in [-0.39, 0.29) is 17.3 Å². The van der Waals surface area contributed by atoms with Gasteiger partial charge < -0.3 is 10.2 Å². The van der Waals surface area contributed by atoms with Crippen LogP contribution < -0.4 is 9.62 Å². The van der Waals surface area contributed by atoms with E-state index in [1.165, 1.54) is 16.3 Å². The van der Waals surface area contributed by atoms with E-state index in [0.29, 0.717) is 24.9 Å². The number of carbonyl (C=O) groups excluding carboxylic acids is 2. The van der Waals surface area contributed by atoms with Crippen molar-refractivity contribution in [2.24, 2.45) is 0 Å². The molecule has 0 aromatic heterocycles. The maximum Gasteiger partial charge on any atom is 0.264 e. The quantitative estimate of drug-likeness (QED) is 0.374. The van der Waals surface area contributed by atoms with Gasteiger partial charge in [-0.15, -0.1) is 0 Å². The third kappa shape index (κ3) is 6.81. The van der Waals surface area contributed by atoms with Gasteiger partial charge in [-0.2, -0.15) is 0 Å². The lowest BCUT2D eigenvalue weighted by atomic mass is 10.1. The van der Waals surface area contributed by atoms with Gasteiger partial charge in [0.15, 0.2) is 0 Å².